The van der Waals surface area contributed by atoms with Crippen molar-refractivity contribution in [2.24, 2.45) is 56.4 Å². The zero-order valence-electron chi connectivity index (χ0n) is 63.0. The van der Waals surface area contributed by atoms with Gasteiger partial charge in [0.05, 0.1) is 5.56 Å². The third kappa shape index (κ3) is 15.1. The van der Waals surface area contributed by atoms with E-state index in [4.69, 9.17) is 4.42 Å². The third-order valence-corrected chi connectivity index (χ3v) is 20.3. The van der Waals surface area contributed by atoms with Crippen LogP contribution in [0.5, 0.6) is 0 Å². The van der Waals surface area contributed by atoms with Crippen molar-refractivity contribution in [3.63, 3.8) is 0 Å². The molecule has 0 spiro atoms. The quantitative estimate of drug-likeness (QED) is 0.126. The number of aromatic nitrogens is 8. The minimum Gasteiger partial charge on any atom is -0.455 e. The van der Waals surface area contributed by atoms with Gasteiger partial charge in [0, 0.05) is 124 Å². The Morgan fingerprint density at radius 1 is 0.229 bits per heavy atom. The highest BCUT2D eigenvalue weighted by Gasteiger charge is 2.30. The van der Waals surface area contributed by atoms with E-state index in [1.54, 1.807) is 0 Å². The molecular weight excluding hydrogens is 1280 g/mol. The van der Waals surface area contributed by atoms with E-state index in [2.05, 4.69) is 432 Å². The first-order chi connectivity index (χ1) is 50.9. The molecule has 9 nitrogen and oxygen atoms in total. The van der Waals surface area contributed by atoms with Crippen molar-refractivity contribution < 1.29 is 41.0 Å². The van der Waals surface area contributed by atoms with Crippen molar-refractivity contribution in [3.05, 3.63) is 349 Å². The molecule has 9 aromatic heterocycles. The number of aryl methyl sites for hydroxylation is 10. The highest BCUT2D eigenvalue weighted by molar-refractivity contribution is 6.09. The molecule has 0 N–H and O–H groups in total. The summed E-state index contributed by atoms with van der Waals surface area (Å²) in [6, 6.07) is 103. The van der Waals surface area contributed by atoms with Gasteiger partial charge < -0.3 is 4.42 Å². The number of hydrogen-bond donors (Lipinski definition) is 0. The first-order valence-corrected chi connectivity index (χ1v) is 36.0. The standard InChI is InChI=1S/C25H22N2O.2C25H24N2.C21H24N2/c1-17-14-15-19-18-9-4-5-13-23(18)28-25(19)24(17)22-12-8-11-21(27(22)3)20-10-6-7-16-26(20)2;1-19-10-7-8-13-22(19)23-14-9-15-25(27(23)3)24-17-16-21(18-26(24)2)20-11-5-4-6-12-20;1-19-10-7-8-13-22(19)23-14-9-15-24(27(23)3)25-18-21(16-17-26(25)2)20-11-5-4-6-12-20;1-15-10-11-22(4)20(12-15)21-14-16(2)13-19(23(21)5)18-9-7-6-8-17(18)3/h4-16H,1-3H3;2*4-18H,1-3H3;6-14H,1-5H3/q4*+2. The summed E-state index contributed by atoms with van der Waals surface area (Å²) in [6.07, 6.45) is 8.54. The number of para-hydroxylation sites is 1. The van der Waals surface area contributed by atoms with Crippen LogP contribution in [0.3, 0.4) is 0 Å². The Morgan fingerprint density at radius 2 is 0.657 bits per heavy atom. The van der Waals surface area contributed by atoms with E-state index in [-0.39, 0.29) is 0 Å². The maximum absolute atomic E-state index is 6.32. The maximum atomic E-state index is 6.32. The summed E-state index contributed by atoms with van der Waals surface area (Å²) in [6.45, 7) is 13.0. The lowest BCUT2D eigenvalue weighted by Gasteiger charge is -2.08. The van der Waals surface area contributed by atoms with Crippen LogP contribution in [0.25, 0.3) is 135 Å². The van der Waals surface area contributed by atoms with Gasteiger partial charge in [-0.25, -0.2) is 0 Å². The number of nitrogens with zero attached hydrogens (tertiary/aromatic N) is 8. The molecule has 0 unspecified atom stereocenters. The average Bonchev–Trinajstić information content (AvgIpc) is 1.65. The first-order valence-electron chi connectivity index (χ1n) is 36.0. The smallest absolute Gasteiger partial charge is 0.277 e. The monoisotopic (exact) mass is 1370 g/mol. The lowest BCUT2D eigenvalue weighted by atomic mass is 10.00. The van der Waals surface area contributed by atoms with E-state index in [1.165, 1.54) is 129 Å². The van der Waals surface area contributed by atoms with Crippen LogP contribution in [0.4, 0.5) is 0 Å². The Balaban J connectivity index is 0.000000124. The SMILES string of the molecule is Cc1cc[n+](C)c(-c2cc(C)cc(-c3ccccc3C)[n+]2C)c1.Cc1ccc2c(oc3ccccc32)c1-c1cccc(-c2cccc[n+]2C)[n+]1C.Cc1ccccc1-c1cccc(-c2cc(-c3ccccc3)cc[n+]2C)[n+]1C.Cc1ccccc1-c1cccc(-c2ccc(-c3ccccc3)c[n+]2C)[n+]1C. The normalized spacial score (nSPS) is 11.0. The van der Waals surface area contributed by atoms with Crippen LogP contribution in [-0.2, 0) is 56.4 Å². The first kappa shape index (κ1) is 71.0. The minimum atomic E-state index is 0.928. The third-order valence-electron chi connectivity index (χ3n) is 20.3. The Morgan fingerprint density at radius 3 is 1.24 bits per heavy atom. The molecule has 0 aliphatic rings. The molecule has 0 aliphatic carbocycles. The van der Waals surface area contributed by atoms with Crippen molar-refractivity contribution in [2.45, 2.75) is 41.5 Å². The van der Waals surface area contributed by atoms with Gasteiger partial charge in [0.1, 0.15) is 67.5 Å². The lowest BCUT2D eigenvalue weighted by Crippen LogP contribution is -2.40. The van der Waals surface area contributed by atoms with Crippen LogP contribution >= 0.6 is 0 Å². The van der Waals surface area contributed by atoms with Crippen molar-refractivity contribution in [2.75, 3.05) is 0 Å². The molecule has 16 aromatic rings. The van der Waals surface area contributed by atoms with Crippen molar-refractivity contribution in [3.8, 4) is 113 Å². The summed E-state index contributed by atoms with van der Waals surface area (Å²) < 4.78 is 24.2. The van der Waals surface area contributed by atoms with Gasteiger partial charge >= 0.3 is 0 Å². The van der Waals surface area contributed by atoms with Gasteiger partial charge in [-0.2, -0.15) is 36.5 Å². The Hall–Kier alpha value is -12.5. The zero-order chi connectivity index (χ0) is 73.4. The molecule has 516 valence electrons. The molecular formula is C96H94N8O+8. The number of rotatable bonds is 10. The topological polar surface area (TPSA) is 44.2 Å². The van der Waals surface area contributed by atoms with Crippen molar-refractivity contribution >= 4 is 21.9 Å². The van der Waals surface area contributed by atoms with Crippen LogP contribution in [-0.4, -0.2) is 0 Å². The fourth-order valence-corrected chi connectivity index (χ4v) is 14.4. The van der Waals surface area contributed by atoms with Crippen molar-refractivity contribution in [1.82, 2.24) is 0 Å². The zero-order valence-corrected chi connectivity index (χ0v) is 63.0. The molecule has 0 atom stereocenters. The highest BCUT2D eigenvalue weighted by Crippen LogP contribution is 2.38. The van der Waals surface area contributed by atoms with Gasteiger partial charge in [-0.1, -0.05) is 146 Å². The molecule has 0 saturated carbocycles. The second-order valence-electron chi connectivity index (χ2n) is 27.6. The summed E-state index contributed by atoms with van der Waals surface area (Å²) in [4.78, 5) is 0. The molecule has 0 amide bonds. The maximum Gasteiger partial charge on any atom is 0.277 e. The second kappa shape index (κ2) is 31.4. The Kier molecular flexibility index (Phi) is 21.2. The number of fused-ring (bicyclic) bond motifs is 3. The minimum absolute atomic E-state index is 0.928. The van der Waals surface area contributed by atoms with Gasteiger partial charge in [-0.15, -0.1) is 0 Å². The number of furan rings is 1. The van der Waals surface area contributed by atoms with Gasteiger partial charge in [-0.05, 0) is 146 Å². The van der Waals surface area contributed by atoms with Crippen LogP contribution in [0.1, 0.15) is 33.4 Å². The molecule has 0 saturated heterocycles. The number of pyridine rings is 8. The molecule has 0 bridgehead atoms. The van der Waals surface area contributed by atoms with Crippen LogP contribution in [0.15, 0.2) is 320 Å². The summed E-state index contributed by atoms with van der Waals surface area (Å²) in [5.41, 5.74) is 33.8. The number of benzene rings is 7. The highest BCUT2D eigenvalue weighted by atomic mass is 16.3. The van der Waals surface area contributed by atoms with Gasteiger partial charge in [0.25, 0.3) is 45.6 Å². The molecule has 9 heteroatoms. The lowest BCUT2D eigenvalue weighted by molar-refractivity contribution is -0.685. The summed E-state index contributed by atoms with van der Waals surface area (Å²) in [7, 11) is 17.0. The van der Waals surface area contributed by atoms with E-state index in [1.807, 2.05) is 18.2 Å². The van der Waals surface area contributed by atoms with Crippen LogP contribution < -0.4 is 36.5 Å². The molecule has 9 heterocycles. The molecule has 105 heavy (non-hydrogen) atoms. The predicted octanol–water partition coefficient (Wildman–Crippen LogP) is 17.8. The number of hydrogen-bond acceptors (Lipinski definition) is 1. The molecule has 0 aliphatic heterocycles. The van der Waals surface area contributed by atoms with Gasteiger partial charge in [-0.3, -0.25) is 0 Å². The summed E-state index contributed by atoms with van der Waals surface area (Å²) >= 11 is 0. The Labute approximate surface area is 619 Å². The molecule has 16 rings (SSSR count). The average molecular weight is 1380 g/mol. The van der Waals surface area contributed by atoms with Gasteiger partial charge in [0.2, 0.25) is 22.8 Å². The van der Waals surface area contributed by atoms with Crippen LogP contribution in [0, 0.1) is 41.5 Å². The van der Waals surface area contributed by atoms with E-state index in [0.717, 1.165) is 38.9 Å². The Bertz CT molecular complexity index is 5860. The van der Waals surface area contributed by atoms with E-state index in [9.17, 15) is 0 Å². The molecule has 7 aromatic carbocycles. The largest absolute Gasteiger partial charge is 0.455 e. The van der Waals surface area contributed by atoms with Crippen molar-refractivity contribution in [1.29, 1.82) is 0 Å². The van der Waals surface area contributed by atoms with E-state index < -0.39 is 0 Å². The van der Waals surface area contributed by atoms with E-state index >= 15 is 0 Å². The molecule has 0 fully saturated rings. The van der Waals surface area contributed by atoms with E-state index in [0.29, 0.717) is 0 Å². The van der Waals surface area contributed by atoms with Crippen LogP contribution in [0.2, 0.25) is 0 Å². The molecule has 0 radical (unpaired) electrons. The summed E-state index contributed by atoms with van der Waals surface area (Å²) in [5, 5.41) is 2.32. The fourth-order valence-electron chi connectivity index (χ4n) is 14.4. The fraction of sp³-hybridized carbons (Fsp3) is 0.146. The second-order valence-corrected chi connectivity index (χ2v) is 27.6. The van der Waals surface area contributed by atoms with Gasteiger partial charge in [0.15, 0.2) is 24.8 Å². The predicted molar refractivity (Wildman–Crippen MR) is 425 cm³/mol. The summed E-state index contributed by atoms with van der Waals surface area (Å²) in [5.74, 6) is 0.